The van der Waals surface area contributed by atoms with E-state index in [0.29, 0.717) is 29.2 Å². The number of hydrogen-bond acceptors (Lipinski definition) is 7. The molecule has 0 spiro atoms. The van der Waals surface area contributed by atoms with Crippen LogP contribution >= 0.6 is 11.6 Å². The fourth-order valence-electron chi connectivity index (χ4n) is 3.42. The summed E-state index contributed by atoms with van der Waals surface area (Å²) in [5.74, 6) is 0.475. The fourth-order valence-corrected chi connectivity index (χ4v) is 3.63. The average Bonchev–Trinajstić information content (AvgIpc) is 2.90. The summed E-state index contributed by atoms with van der Waals surface area (Å²) in [7, 11) is 0. The molecule has 0 bridgehead atoms. The van der Waals surface area contributed by atoms with Gasteiger partial charge in [-0.2, -0.15) is 10.4 Å². The Kier molecular flexibility index (Phi) is 8.13. The highest BCUT2D eigenvalue weighted by molar-refractivity contribution is 6.31. The molecule has 0 unspecified atom stereocenters. The summed E-state index contributed by atoms with van der Waals surface area (Å²) >= 11 is 6.08. The van der Waals surface area contributed by atoms with Gasteiger partial charge in [-0.05, 0) is 42.8 Å². The van der Waals surface area contributed by atoms with Crippen LogP contribution in [0.15, 0.2) is 76.6 Å². The predicted octanol–water partition coefficient (Wildman–Crippen LogP) is 5.52. The van der Waals surface area contributed by atoms with Gasteiger partial charge < -0.3 is 9.47 Å². The number of nitrogens with one attached hydrogen (secondary N) is 2. The molecule has 37 heavy (non-hydrogen) atoms. The molecule has 0 radical (unpaired) electrons. The molecule has 0 aliphatic heterocycles. The van der Waals surface area contributed by atoms with Crippen molar-refractivity contribution in [3.63, 3.8) is 0 Å². The summed E-state index contributed by atoms with van der Waals surface area (Å²) in [5.41, 5.74) is 3.81. The summed E-state index contributed by atoms with van der Waals surface area (Å²) in [6, 6.07) is 20.4. The minimum atomic E-state index is -0.579. The van der Waals surface area contributed by atoms with Gasteiger partial charge in [-0.1, -0.05) is 48.0 Å². The molecular weight excluding hydrogens is 497 g/mol. The number of H-pyrrole nitrogens is 1. The Morgan fingerprint density at radius 2 is 1.95 bits per heavy atom. The number of aromatic amines is 1. The third kappa shape index (κ3) is 6.12. The maximum Gasteiger partial charge on any atom is 0.270 e. The number of nitrogens with zero attached hydrogens (tertiary/aromatic N) is 3. The molecule has 0 aliphatic rings. The second-order valence-electron chi connectivity index (χ2n) is 7.61. The zero-order valence-electron chi connectivity index (χ0n) is 19.7. The van der Waals surface area contributed by atoms with Crippen LogP contribution in [0.25, 0.3) is 11.3 Å². The number of aromatic nitrogens is 2. The first-order chi connectivity index (χ1) is 18.0. The molecule has 0 saturated heterocycles. The van der Waals surface area contributed by atoms with Gasteiger partial charge in [0.2, 0.25) is 5.95 Å². The van der Waals surface area contributed by atoms with Crippen molar-refractivity contribution < 1.29 is 13.9 Å². The minimum Gasteiger partial charge on any atom is -0.490 e. The Balaban J connectivity index is 1.52. The van der Waals surface area contributed by atoms with Crippen molar-refractivity contribution >= 4 is 23.8 Å². The van der Waals surface area contributed by atoms with Gasteiger partial charge in [0.25, 0.3) is 5.56 Å². The molecule has 8 nitrogen and oxygen atoms in total. The van der Waals surface area contributed by atoms with Crippen molar-refractivity contribution in [1.82, 2.24) is 9.97 Å². The van der Waals surface area contributed by atoms with Crippen LogP contribution in [0.4, 0.5) is 10.3 Å². The molecule has 2 N–H and O–H groups in total. The molecule has 4 aromatic rings. The van der Waals surface area contributed by atoms with E-state index in [2.05, 4.69) is 20.5 Å². The number of hydrogen-bond donors (Lipinski definition) is 2. The lowest BCUT2D eigenvalue weighted by Gasteiger charge is -2.13. The van der Waals surface area contributed by atoms with Crippen LogP contribution in [-0.2, 0) is 6.61 Å². The summed E-state index contributed by atoms with van der Waals surface area (Å²) in [6.45, 7) is 2.15. The van der Waals surface area contributed by atoms with Crippen molar-refractivity contribution in [3.8, 4) is 28.8 Å². The van der Waals surface area contributed by atoms with Crippen molar-refractivity contribution in [2.45, 2.75) is 13.5 Å². The highest BCUT2D eigenvalue weighted by Crippen LogP contribution is 2.30. The van der Waals surface area contributed by atoms with Gasteiger partial charge in [-0.25, -0.2) is 14.8 Å². The van der Waals surface area contributed by atoms with Crippen LogP contribution in [0.5, 0.6) is 11.5 Å². The molecule has 10 heteroatoms. The van der Waals surface area contributed by atoms with E-state index >= 15 is 0 Å². The Hall–Kier alpha value is -4.68. The monoisotopic (exact) mass is 517 g/mol. The molecule has 186 valence electrons. The van der Waals surface area contributed by atoms with E-state index in [9.17, 15) is 14.4 Å². The largest absolute Gasteiger partial charge is 0.490 e. The van der Waals surface area contributed by atoms with E-state index < -0.39 is 11.4 Å². The number of anilines is 1. The Morgan fingerprint density at radius 3 is 2.68 bits per heavy atom. The van der Waals surface area contributed by atoms with Gasteiger partial charge in [0.15, 0.2) is 11.5 Å². The normalized spacial score (nSPS) is 10.8. The zero-order chi connectivity index (χ0) is 26.2. The molecular formula is C27H21ClFN5O3. The van der Waals surface area contributed by atoms with E-state index in [1.165, 1.54) is 18.3 Å². The number of nitriles is 1. The van der Waals surface area contributed by atoms with E-state index in [1.54, 1.807) is 48.5 Å². The van der Waals surface area contributed by atoms with Gasteiger partial charge in [0, 0.05) is 11.1 Å². The maximum absolute atomic E-state index is 14.1. The fraction of sp³-hybridized carbons (Fsp3) is 0.111. The zero-order valence-corrected chi connectivity index (χ0v) is 20.4. The van der Waals surface area contributed by atoms with Crippen LogP contribution in [0.3, 0.4) is 0 Å². The lowest BCUT2D eigenvalue weighted by molar-refractivity contribution is 0.266. The van der Waals surface area contributed by atoms with Gasteiger partial charge in [0.05, 0.1) is 23.5 Å². The second-order valence-corrected chi connectivity index (χ2v) is 8.02. The summed E-state index contributed by atoms with van der Waals surface area (Å²) in [6.07, 6.45) is 1.50. The van der Waals surface area contributed by atoms with Crippen molar-refractivity contribution in [3.05, 3.63) is 105 Å². The SMILES string of the molecule is CCOc1cc(C=NNc2nc(-c3ccccc3)c(C#N)c(=O)[nH]2)ccc1OCc1c(F)cccc1Cl. The van der Waals surface area contributed by atoms with Crippen molar-refractivity contribution in [2.24, 2.45) is 5.10 Å². The first kappa shape index (κ1) is 25.4. The Morgan fingerprint density at radius 1 is 1.14 bits per heavy atom. The standard InChI is InChI=1S/C27H21ClFN5O3/c1-2-36-24-13-17(11-12-23(24)37-16-20-21(28)9-6-10-22(20)29)15-31-34-27-32-25(18-7-4-3-5-8-18)19(14-30)26(35)33-27/h3-13,15H,2,16H2,1H3,(H2,32,33,34,35). The maximum atomic E-state index is 14.1. The summed E-state index contributed by atoms with van der Waals surface area (Å²) < 4.78 is 25.5. The van der Waals surface area contributed by atoms with Crippen molar-refractivity contribution in [2.75, 3.05) is 12.0 Å². The number of rotatable bonds is 9. The summed E-state index contributed by atoms with van der Waals surface area (Å²) in [5, 5.41) is 13.8. The molecule has 0 amide bonds. The van der Waals surface area contributed by atoms with E-state index in [4.69, 9.17) is 21.1 Å². The quantitative estimate of drug-likeness (QED) is 0.223. The van der Waals surface area contributed by atoms with E-state index in [0.717, 1.165) is 0 Å². The highest BCUT2D eigenvalue weighted by atomic mass is 35.5. The lowest BCUT2D eigenvalue weighted by Crippen LogP contribution is -2.16. The molecule has 0 aliphatic carbocycles. The van der Waals surface area contributed by atoms with E-state index in [1.807, 2.05) is 19.1 Å². The Bertz CT molecular complexity index is 1510. The number of hydrazone groups is 1. The lowest BCUT2D eigenvalue weighted by atomic mass is 10.1. The molecule has 0 saturated carbocycles. The first-order valence-corrected chi connectivity index (χ1v) is 11.6. The molecule has 1 heterocycles. The van der Waals surface area contributed by atoms with Gasteiger partial charge in [-0.15, -0.1) is 0 Å². The topological polar surface area (TPSA) is 112 Å². The van der Waals surface area contributed by atoms with Crippen molar-refractivity contribution in [1.29, 1.82) is 5.26 Å². The Labute approximate surface area is 217 Å². The molecule has 4 rings (SSSR count). The van der Waals surface area contributed by atoms with Crippen LogP contribution in [0.2, 0.25) is 5.02 Å². The summed E-state index contributed by atoms with van der Waals surface area (Å²) in [4.78, 5) is 19.2. The number of ether oxygens (including phenoxy) is 2. The first-order valence-electron chi connectivity index (χ1n) is 11.2. The smallest absolute Gasteiger partial charge is 0.270 e. The van der Waals surface area contributed by atoms with E-state index in [-0.39, 0.29) is 34.4 Å². The molecule has 1 aromatic heterocycles. The highest BCUT2D eigenvalue weighted by Gasteiger charge is 2.13. The van der Waals surface area contributed by atoms with Crippen LogP contribution in [0.1, 0.15) is 23.6 Å². The van der Waals surface area contributed by atoms with Crippen LogP contribution in [-0.4, -0.2) is 22.8 Å². The minimum absolute atomic E-state index is 0.0674. The average molecular weight is 518 g/mol. The predicted molar refractivity (Wildman–Crippen MR) is 140 cm³/mol. The van der Waals surface area contributed by atoms with Gasteiger partial charge >= 0.3 is 0 Å². The second kappa shape index (κ2) is 11.8. The van der Waals surface area contributed by atoms with Crippen LogP contribution < -0.4 is 20.5 Å². The third-order valence-corrected chi connectivity index (χ3v) is 5.52. The number of halogens is 2. The van der Waals surface area contributed by atoms with Crippen LogP contribution in [0, 0.1) is 17.1 Å². The molecule has 0 atom stereocenters. The number of benzene rings is 3. The third-order valence-electron chi connectivity index (χ3n) is 5.16. The van der Waals surface area contributed by atoms with Gasteiger partial charge in [0.1, 0.15) is 24.1 Å². The molecule has 3 aromatic carbocycles. The molecule has 0 fully saturated rings. The van der Waals surface area contributed by atoms with Gasteiger partial charge in [-0.3, -0.25) is 9.78 Å².